The largest absolute Gasteiger partial charge is 0.459 e. The molecule has 0 aromatic heterocycles. The molecule has 9 heteroatoms. The Bertz CT molecular complexity index is 3530. The predicted octanol–water partition coefficient (Wildman–Crippen LogP) is 17.4. The highest BCUT2D eigenvalue weighted by molar-refractivity contribution is 5.87. The first kappa shape index (κ1) is 64.4. The van der Waals surface area contributed by atoms with Crippen molar-refractivity contribution in [3.63, 3.8) is 0 Å². The van der Waals surface area contributed by atoms with E-state index in [2.05, 4.69) is 200 Å². The molecule has 1 heterocycles. The molecule has 2 aliphatic carbocycles. The molecule has 1 saturated heterocycles. The highest BCUT2D eigenvalue weighted by atomic mass is 19.1. The Morgan fingerprint density at radius 3 is 1.45 bits per heavy atom. The van der Waals surface area contributed by atoms with Gasteiger partial charge in [-0.15, -0.1) is 13.2 Å². The van der Waals surface area contributed by atoms with Crippen LogP contribution in [0.1, 0.15) is 121 Å². The van der Waals surface area contributed by atoms with Gasteiger partial charge in [-0.2, -0.15) is 0 Å². The maximum Gasteiger partial charge on any atom is 0.324 e. The Labute approximate surface area is 524 Å². The number of alkyl halides is 1. The summed E-state index contributed by atoms with van der Waals surface area (Å²) in [5, 5.41) is 4.00. The van der Waals surface area contributed by atoms with Crippen molar-refractivity contribution in [2.24, 2.45) is 10.8 Å². The maximum absolute atomic E-state index is 14.5. The van der Waals surface area contributed by atoms with Crippen molar-refractivity contribution in [2.75, 3.05) is 26.9 Å². The number of allylic oxidation sites excluding steroid dienone is 2. The van der Waals surface area contributed by atoms with E-state index in [9.17, 15) is 14.0 Å². The van der Waals surface area contributed by atoms with Crippen LogP contribution >= 0.6 is 0 Å². The number of nitrogens with one attached hydrogen (secondary N) is 1. The van der Waals surface area contributed by atoms with Crippen molar-refractivity contribution in [3.8, 4) is 22.3 Å². The number of esters is 2. The molecule has 0 radical (unpaired) electrons. The van der Waals surface area contributed by atoms with Gasteiger partial charge in [-0.05, 0) is 128 Å². The zero-order valence-electron chi connectivity index (χ0n) is 52.6. The van der Waals surface area contributed by atoms with Crippen molar-refractivity contribution in [2.45, 2.75) is 123 Å². The van der Waals surface area contributed by atoms with Gasteiger partial charge in [0.15, 0.2) is 0 Å². The third kappa shape index (κ3) is 13.2. The Morgan fingerprint density at radius 1 is 0.602 bits per heavy atom. The van der Waals surface area contributed by atoms with E-state index in [1.165, 1.54) is 22.3 Å². The van der Waals surface area contributed by atoms with Crippen LogP contribution in [0.5, 0.6) is 0 Å². The second kappa shape index (κ2) is 28.4. The van der Waals surface area contributed by atoms with Crippen molar-refractivity contribution in [3.05, 3.63) is 288 Å². The summed E-state index contributed by atoms with van der Waals surface area (Å²) in [7, 11) is -1.00. The lowest BCUT2D eigenvalue weighted by atomic mass is 9.64. The molecule has 0 saturated carbocycles. The Hall–Kier alpha value is -8.05. The molecule has 1 aliphatic heterocycles. The average molecular weight is 1180 g/mol. The molecule has 458 valence electrons. The lowest BCUT2D eigenvalue weighted by Crippen LogP contribution is -2.75. The van der Waals surface area contributed by atoms with Gasteiger partial charge in [0.05, 0.1) is 46.0 Å². The van der Waals surface area contributed by atoms with Crippen molar-refractivity contribution in [1.82, 2.24) is 10.2 Å². The molecule has 88 heavy (non-hydrogen) atoms. The topological polar surface area (TPSA) is 86.3 Å². The molecule has 8 aromatic rings. The number of hydrogen-bond donors (Lipinski definition) is 1. The minimum Gasteiger partial charge on any atom is -0.459 e. The van der Waals surface area contributed by atoms with Crippen LogP contribution in [0.25, 0.3) is 22.3 Å². The van der Waals surface area contributed by atoms with Gasteiger partial charge in [0.2, 0.25) is 0 Å². The average Bonchev–Trinajstić information content (AvgIpc) is 1.65. The molecule has 11 rings (SSSR count). The Kier molecular flexibility index (Phi) is 20.8. The van der Waals surface area contributed by atoms with E-state index in [0.717, 1.165) is 44.5 Å². The Balaban J connectivity index is 0.000000218. The zero-order valence-corrected chi connectivity index (χ0v) is 51.6. The van der Waals surface area contributed by atoms with Gasteiger partial charge in [-0.3, -0.25) is 24.2 Å². The third-order valence-electron chi connectivity index (χ3n) is 17.1. The van der Waals surface area contributed by atoms with Crippen LogP contribution in [-0.2, 0) is 52.8 Å². The standard InChI is InChI=1S/C39H43NO3.C38H39NO3.CH3F.CH4/c1-6-26-38(7-2,28-42-27-29-18-10-8-11-19-29)35(36(41)43-37(3,4)5)40-39(30-20-12-9-13-21-30)33-24-16-14-22-31(33)32-23-15-17-25-34(32)39;1-5-24-37(27-41-25-28-16-8-6-9-17-28)26-39(34(37)35(40)42-36(2,3)4)38(29-18-10-7-11-19-29)32-22-14-12-20-30(32)31-21-13-15-23-33(31)38;1-2;/h6,8-25,35,40H,1,7,26-28H2,2-5H3;5-23,34H,1,24-27H2,2-4H3;1H3;1H4/t35-,38?;34-,37-;;/m11../s1/i;;1D;. The van der Waals surface area contributed by atoms with Crippen molar-refractivity contribution in [1.29, 1.82) is 0 Å². The van der Waals surface area contributed by atoms with Crippen LogP contribution in [-0.4, -0.2) is 67.0 Å². The summed E-state index contributed by atoms with van der Waals surface area (Å²) in [6, 6.07) is 74.3. The van der Waals surface area contributed by atoms with Gasteiger partial charge in [0, 0.05) is 17.4 Å². The van der Waals surface area contributed by atoms with Crippen LogP contribution in [0.4, 0.5) is 4.39 Å². The summed E-state index contributed by atoms with van der Waals surface area (Å²) in [6.07, 6.45) is 5.71. The quantitative estimate of drug-likeness (QED) is 0.0563. The number of hydrogen-bond acceptors (Lipinski definition) is 8. The number of benzene rings is 8. The molecule has 1 fully saturated rings. The molecule has 8 nitrogen and oxygen atoms in total. The van der Waals surface area contributed by atoms with E-state index in [4.69, 9.17) is 20.3 Å². The van der Waals surface area contributed by atoms with Crippen molar-refractivity contribution < 1.29 is 34.3 Å². The number of fused-ring (bicyclic) bond motifs is 6. The highest BCUT2D eigenvalue weighted by Gasteiger charge is 2.65. The SMILES string of the molecule is C.C=CCC(CC)(COCc1ccccc1)[C@H](NC1(c2ccccc2)c2ccccc2-c2ccccc21)C(=O)OC(C)(C)C.C=CC[C@]1(COCc2ccccc2)CN(C2(c3ccccc3)c3ccccc3-c3ccccc32)[C@@H]1C(=O)OC(C)(C)C.[2H]CF. The van der Waals surface area contributed by atoms with E-state index >= 15 is 0 Å². The number of nitrogens with zero attached hydrogens (tertiary/aromatic N) is 1. The molecule has 3 aliphatic rings. The number of ether oxygens (including phenoxy) is 4. The molecule has 0 bridgehead atoms. The van der Waals surface area contributed by atoms with Gasteiger partial charge in [-0.1, -0.05) is 245 Å². The first-order valence-electron chi connectivity index (χ1n) is 31.0. The fraction of sp³-hybridized carbons (Fsp3) is 0.316. The normalized spacial score (nSPS) is 17.7. The number of likely N-dealkylation sites (tertiary alicyclic amines) is 1. The van der Waals surface area contributed by atoms with Gasteiger partial charge in [0.1, 0.15) is 23.3 Å². The van der Waals surface area contributed by atoms with E-state index in [1.807, 2.05) is 102 Å². The van der Waals surface area contributed by atoms with Crippen LogP contribution in [0.3, 0.4) is 0 Å². The lowest BCUT2D eigenvalue weighted by Gasteiger charge is -2.62. The Morgan fingerprint density at radius 2 is 1.01 bits per heavy atom. The molecule has 4 atom stereocenters. The molecule has 8 aromatic carbocycles. The van der Waals surface area contributed by atoms with Crippen LogP contribution in [0, 0.1) is 10.8 Å². The second-order valence-corrected chi connectivity index (χ2v) is 25.1. The number of halogens is 1. The number of carbonyl (C=O) groups is 2. The fourth-order valence-electron chi connectivity index (χ4n) is 13.5. The summed E-state index contributed by atoms with van der Waals surface area (Å²) in [5.41, 5.74) is 9.81. The molecular weight excluding hydrogens is 1090 g/mol. The van der Waals surface area contributed by atoms with Crippen molar-refractivity contribution >= 4 is 11.9 Å². The zero-order chi connectivity index (χ0) is 62.6. The van der Waals surface area contributed by atoms with Gasteiger partial charge < -0.3 is 18.9 Å². The molecular formula is C79H89FN2O6. The summed E-state index contributed by atoms with van der Waals surface area (Å²) in [5.74, 6) is -0.521. The molecule has 0 amide bonds. The highest BCUT2D eigenvalue weighted by Crippen LogP contribution is 2.60. The van der Waals surface area contributed by atoms with Gasteiger partial charge in [-0.25, -0.2) is 0 Å². The van der Waals surface area contributed by atoms with E-state index in [0.29, 0.717) is 52.2 Å². The third-order valence-corrected chi connectivity index (χ3v) is 17.1. The van der Waals surface area contributed by atoms with Crippen LogP contribution < -0.4 is 5.32 Å². The van der Waals surface area contributed by atoms with E-state index in [1.54, 1.807) is 0 Å². The minimum absolute atomic E-state index is 0. The maximum atomic E-state index is 14.5. The molecule has 0 spiro atoms. The molecule has 1 unspecified atom stereocenters. The van der Waals surface area contributed by atoms with Gasteiger partial charge >= 0.3 is 11.9 Å². The summed E-state index contributed by atoms with van der Waals surface area (Å²) < 4.78 is 40.7. The summed E-state index contributed by atoms with van der Waals surface area (Å²) in [4.78, 5) is 31.2. The lowest BCUT2D eigenvalue weighted by molar-refractivity contribution is -0.200. The first-order chi connectivity index (χ1) is 42.5. The number of carbonyl (C=O) groups excluding carboxylic acids is 2. The predicted molar refractivity (Wildman–Crippen MR) is 356 cm³/mol. The van der Waals surface area contributed by atoms with E-state index < -0.39 is 52.3 Å². The smallest absolute Gasteiger partial charge is 0.324 e. The van der Waals surface area contributed by atoms with Crippen LogP contribution in [0.2, 0.25) is 0 Å². The monoisotopic (exact) mass is 1180 g/mol. The first-order valence-corrected chi connectivity index (χ1v) is 30.3. The minimum atomic E-state index is -1.00. The second-order valence-electron chi connectivity index (χ2n) is 25.1. The summed E-state index contributed by atoms with van der Waals surface area (Å²) in [6.45, 7) is 24.3. The van der Waals surface area contributed by atoms with E-state index in [-0.39, 0.29) is 19.4 Å². The fourth-order valence-corrected chi connectivity index (χ4v) is 13.5. The van der Waals surface area contributed by atoms with Crippen LogP contribution in [0.15, 0.2) is 244 Å². The molecule has 1 N–H and O–H groups in total. The van der Waals surface area contributed by atoms with Gasteiger partial charge in [0.25, 0.3) is 0 Å². The summed E-state index contributed by atoms with van der Waals surface area (Å²) >= 11 is 0. The number of rotatable bonds is 21.